The number of carboxylic acids is 1. The van der Waals surface area contributed by atoms with Crippen LogP contribution in [0.4, 0.5) is 0 Å². The minimum Gasteiger partial charge on any atom is -0.481 e. The summed E-state index contributed by atoms with van der Waals surface area (Å²) >= 11 is 0. The monoisotopic (exact) mass is 313 g/mol. The summed E-state index contributed by atoms with van der Waals surface area (Å²) in [5.41, 5.74) is 1.56. The van der Waals surface area contributed by atoms with Gasteiger partial charge in [-0.2, -0.15) is 5.10 Å². The summed E-state index contributed by atoms with van der Waals surface area (Å²) in [5.74, 6) is -1.59. The Hall–Kier alpha value is -2.63. The quantitative estimate of drug-likeness (QED) is 0.883. The number of hydrogen-bond donors (Lipinski definition) is 2. The van der Waals surface area contributed by atoms with Crippen molar-refractivity contribution < 1.29 is 14.7 Å². The summed E-state index contributed by atoms with van der Waals surface area (Å²) in [6.07, 6.45) is 5.36. The zero-order valence-electron chi connectivity index (χ0n) is 12.7. The van der Waals surface area contributed by atoms with Crippen molar-refractivity contribution in [2.45, 2.75) is 31.8 Å². The van der Waals surface area contributed by atoms with E-state index in [0.29, 0.717) is 24.9 Å². The van der Waals surface area contributed by atoms with E-state index in [1.54, 1.807) is 10.9 Å². The lowest BCUT2D eigenvalue weighted by Gasteiger charge is -2.16. The molecule has 2 aromatic rings. The Balaban J connectivity index is 1.63. The van der Waals surface area contributed by atoms with Crippen molar-refractivity contribution in [3.63, 3.8) is 0 Å². The lowest BCUT2D eigenvalue weighted by molar-refractivity contribution is -0.142. The highest BCUT2D eigenvalue weighted by Crippen LogP contribution is 2.26. The first-order chi connectivity index (χ1) is 11.1. The van der Waals surface area contributed by atoms with Gasteiger partial charge in [0, 0.05) is 12.2 Å². The highest BCUT2D eigenvalue weighted by Gasteiger charge is 2.34. The Morgan fingerprint density at radius 1 is 1.26 bits per heavy atom. The van der Waals surface area contributed by atoms with Crippen molar-refractivity contribution in [2.24, 2.45) is 5.92 Å². The minimum atomic E-state index is -0.840. The molecule has 1 aliphatic rings. The number of benzene rings is 1. The van der Waals surface area contributed by atoms with Crippen LogP contribution in [0.5, 0.6) is 0 Å². The van der Waals surface area contributed by atoms with Gasteiger partial charge in [-0.15, -0.1) is 0 Å². The third-order valence-corrected chi connectivity index (χ3v) is 4.23. The molecule has 0 aliphatic heterocycles. The van der Waals surface area contributed by atoms with Gasteiger partial charge in [0.2, 0.25) is 0 Å². The lowest BCUT2D eigenvalue weighted by atomic mass is 10.0. The molecule has 0 radical (unpaired) electrons. The number of carbonyl (C=O) groups excluding carboxylic acids is 1. The number of aromatic nitrogens is 2. The summed E-state index contributed by atoms with van der Waals surface area (Å²) in [7, 11) is 0. The van der Waals surface area contributed by atoms with Crippen LogP contribution in [0.1, 0.15) is 35.2 Å². The molecule has 1 aromatic carbocycles. The topological polar surface area (TPSA) is 84.2 Å². The molecule has 1 saturated carbocycles. The van der Waals surface area contributed by atoms with Crippen LogP contribution in [0, 0.1) is 5.92 Å². The molecule has 0 bridgehead atoms. The van der Waals surface area contributed by atoms with Crippen molar-refractivity contribution in [3.05, 3.63) is 53.9 Å². The molecule has 1 amide bonds. The zero-order chi connectivity index (χ0) is 16.2. The van der Waals surface area contributed by atoms with Gasteiger partial charge < -0.3 is 10.4 Å². The molecule has 2 N–H and O–H groups in total. The van der Waals surface area contributed by atoms with E-state index in [1.807, 2.05) is 30.3 Å². The van der Waals surface area contributed by atoms with Crippen molar-refractivity contribution in [1.82, 2.24) is 15.1 Å². The summed E-state index contributed by atoms with van der Waals surface area (Å²) in [6.45, 7) is 0.593. The van der Waals surface area contributed by atoms with E-state index in [-0.39, 0.29) is 11.9 Å². The summed E-state index contributed by atoms with van der Waals surface area (Å²) in [4.78, 5) is 23.4. The largest absolute Gasteiger partial charge is 0.481 e. The maximum Gasteiger partial charge on any atom is 0.308 e. The molecule has 1 fully saturated rings. The molecule has 23 heavy (non-hydrogen) atoms. The van der Waals surface area contributed by atoms with Gasteiger partial charge in [0.15, 0.2) is 0 Å². The van der Waals surface area contributed by atoms with Crippen LogP contribution in [-0.2, 0) is 11.3 Å². The highest BCUT2D eigenvalue weighted by atomic mass is 16.4. The number of hydrogen-bond acceptors (Lipinski definition) is 3. The van der Waals surface area contributed by atoms with Gasteiger partial charge in [0.05, 0.1) is 24.2 Å². The molecule has 120 valence electrons. The number of aliphatic carboxylic acids is 1. The molecule has 0 saturated heterocycles. The van der Waals surface area contributed by atoms with Gasteiger partial charge in [0.1, 0.15) is 0 Å². The molecule has 1 aromatic heterocycles. The fourth-order valence-electron chi connectivity index (χ4n) is 3.02. The van der Waals surface area contributed by atoms with Crippen molar-refractivity contribution in [2.75, 3.05) is 0 Å². The Labute approximate surface area is 134 Å². The van der Waals surface area contributed by atoms with Crippen LogP contribution in [0.15, 0.2) is 42.7 Å². The van der Waals surface area contributed by atoms with Gasteiger partial charge in [-0.05, 0) is 18.4 Å². The molecule has 0 unspecified atom stereocenters. The fourth-order valence-corrected chi connectivity index (χ4v) is 3.02. The van der Waals surface area contributed by atoms with E-state index in [9.17, 15) is 9.59 Å². The Morgan fingerprint density at radius 2 is 2.04 bits per heavy atom. The first-order valence-corrected chi connectivity index (χ1v) is 7.73. The molecule has 6 heteroatoms. The molecule has 2 atom stereocenters. The van der Waals surface area contributed by atoms with Gasteiger partial charge in [-0.1, -0.05) is 36.8 Å². The maximum absolute atomic E-state index is 12.3. The predicted molar refractivity (Wildman–Crippen MR) is 84.0 cm³/mol. The van der Waals surface area contributed by atoms with Crippen LogP contribution in [-0.4, -0.2) is 32.8 Å². The molecule has 0 spiro atoms. The van der Waals surface area contributed by atoms with Gasteiger partial charge >= 0.3 is 5.97 Å². The second-order valence-corrected chi connectivity index (χ2v) is 5.87. The molecular formula is C17H19N3O3. The Morgan fingerprint density at radius 3 is 2.78 bits per heavy atom. The number of amides is 1. The average molecular weight is 313 g/mol. The molecular weight excluding hydrogens is 294 g/mol. The first kappa shape index (κ1) is 15.3. The van der Waals surface area contributed by atoms with E-state index in [4.69, 9.17) is 5.11 Å². The van der Waals surface area contributed by atoms with E-state index in [2.05, 4.69) is 10.4 Å². The van der Waals surface area contributed by atoms with Crippen molar-refractivity contribution >= 4 is 11.9 Å². The third kappa shape index (κ3) is 3.59. The van der Waals surface area contributed by atoms with Crippen LogP contribution in [0.3, 0.4) is 0 Å². The second-order valence-electron chi connectivity index (χ2n) is 5.87. The maximum atomic E-state index is 12.3. The standard InChI is InChI=1S/C17H19N3O3/c21-16(19-15-8-4-7-14(15)17(22)23)13-9-18-20(11-13)10-12-5-2-1-3-6-12/h1-3,5-6,9,11,14-15H,4,7-8,10H2,(H,19,21)(H,22,23)/t14-,15+/m1/s1. The van der Waals surface area contributed by atoms with Crippen molar-refractivity contribution in [3.8, 4) is 0 Å². The van der Waals surface area contributed by atoms with E-state index in [1.165, 1.54) is 6.20 Å². The smallest absolute Gasteiger partial charge is 0.308 e. The van der Waals surface area contributed by atoms with Crippen LogP contribution in [0.2, 0.25) is 0 Å². The SMILES string of the molecule is O=C(N[C@H]1CCC[C@H]1C(=O)O)c1cnn(Cc2ccccc2)c1. The minimum absolute atomic E-state index is 0.262. The summed E-state index contributed by atoms with van der Waals surface area (Å²) in [5, 5.41) is 16.2. The first-order valence-electron chi connectivity index (χ1n) is 7.73. The summed E-state index contributed by atoms with van der Waals surface area (Å²) in [6, 6.07) is 9.57. The number of nitrogens with zero attached hydrogens (tertiary/aromatic N) is 2. The Bertz CT molecular complexity index is 696. The van der Waals surface area contributed by atoms with Crippen LogP contribution >= 0.6 is 0 Å². The summed E-state index contributed by atoms with van der Waals surface area (Å²) < 4.78 is 1.70. The number of carboxylic acid groups (broad SMARTS) is 1. The molecule has 1 aliphatic carbocycles. The highest BCUT2D eigenvalue weighted by molar-refractivity contribution is 5.94. The molecule has 3 rings (SSSR count). The van der Waals surface area contributed by atoms with Gasteiger partial charge in [0.25, 0.3) is 5.91 Å². The van der Waals surface area contributed by atoms with E-state index in [0.717, 1.165) is 12.0 Å². The molecule has 1 heterocycles. The second kappa shape index (κ2) is 6.64. The van der Waals surface area contributed by atoms with Crippen molar-refractivity contribution in [1.29, 1.82) is 0 Å². The number of nitrogens with one attached hydrogen (secondary N) is 1. The van der Waals surface area contributed by atoms with Crippen LogP contribution in [0.25, 0.3) is 0 Å². The number of rotatable bonds is 5. The fraction of sp³-hybridized carbons (Fsp3) is 0.353. The van der Waals surface area contributed by atoms with Gasteiger partial charge in [-0.25, -0.2) is 0 Å². The zero-order valence-corrected chi connectivity index (χ0v) is 12.7. The van der Waals surface area contributed by atoms with Gasteiger partial charge in [-0.3, -0.25) is 14.3 Å². The lowest BCUT2D eigenvalue weighted by Crippen LogP contribution is -2.40. The Kier molecular flexibility index (Phi) is 4.41. The predicted octanol–water partition coefficient (Wildman–Crippen LogP) is 1.91. The van der Waals surface area contributed by atoms with E-state index < -0.39 is 11.9 Å². The number of carbonyl (C=O) groups is 2. The molecule has 6 nitrogen and oxygen atoms in total. The van der Waals surface area contributed by atoms with Crippen LogP contribution < -0.4 is 5.32 Å². The van der Waals surface area contributed by atoms with E-state index >= 15 is 0 Å². The average Bonchev–Trinajstić information content (AvgIpc) is 3.17. The third-order valence-electron chi connectivity index (χ3n) is 4.23. The normalized spacial score (nSPS) is 20.3.